The Labute approximate surface area is 100 Å². The van der Waals surface area contributed by atoms with Crippen molar-refractivity contribution in [2.45, 2.75) is 64.5 Å². The average Bonchev–Trinajstić information content (AvgIpc) is 2.80. The normalized spacial score (nSPS) is 19.9. The topological polar surface area (TPSA) is 24.4 Å². The van der Waals surface area contributed by atoms with Gasteiger partial charge in [-0.2, -0.15) is 0 Å². The van der Waals surface area contributed by atoms with E-state index in [4.69, 9.17) is 0 Å². The summed E-state index contributed by atoms with van der Waals surface area (Å²) in [6, 6.07) is 0. The van der Waals surface area contributed by atoms with Crippen LogP contribution in [0.15, 0.2) is 17.1 Å². The summed E-state index contributed by atoms with van der Waals surface area (Å²) in [7, 11) is 0. The van der Waals surface area contributed by atoms with Gasteiger partial charge in [-0.25, -0.2) is 0 Å². The van der Waals surface area contributed by atoms with E-state index >= 15 is 0 Å². The van der Waals surface area contributed by atoms with Crippen LogP contribution in [0.5, 0.6) is 0 Å². The molecule has 1 heterocycles. The van der Waals surface area contributed by atoms with Crippen molar-refractivity contribution in [2.24, 2.45) is 4.99 Å². The van der Waals surface area contributed by atoms with Crippen molar-refractivity contribution in [2.75, 3.05) is 6.54 Å². The van der Waals surface area contributed by atoms with Crippen LogP contribution in [-0.2, 0) is 0 Å². The van der Waals surface area contributed by atoms with Gasteiger partial charge >= 0.3 is 0 Å². The highest BCUT2D eigenvalue weighted by molar-refractivity contribution is 5.61. The molecule has 0 fully saturated rings. The molecule has 0 bridgehead atoms. The molecule has 0 aromatic heterocycles. The third-order valence-corrected chi connectivity index (χ3v) is 2.97. The Balaban J connectivity index is 1.82. The lowest BCUT2D eigenvalue weighted by Gasteiger charge is -2.05. The minimum absolute atomic E-state index is 0.401. The standard InChI is InChI=1S/C14H26N2/c1-2-3-4-5-6-7-8-9-10-11-14-15-12-13-16-14/h7-8,12,14,16H,2-6,9-11,13H2,1H3/b8-7+. The van der Waals surface area contributed by atoms with Crippen LogP contribution in [0, 0.1) is 0 Å². The van der Waals surface area contributed by atoms with E-state index in [1.54, 1.807) is 0 Å². The van der Waals surface area contributed by atoms with Gasteiger partial charge in [0.15, 0.2) is 0 Å². The van der Waals surface area contributed by atoms with Crippen LogP contribution in [0.2, 0.25) is 0 Å². The maximum atomic E-state index is 4.34. The molecular formula is C14H26N2. The molecule has 1 unspecified atom stereocenters. The fourth-order valence-electron chi connectivity index (χ4n) is 1.95. The number of aliphatic imine (C=N–C) groups is 1. The fourth-order valence-corrected chi connectivity index (χ4v) is 1.95. The smallest absolute Gasteiger partial charge is 0.0993 e. The van der Waals surface area contributed by atoms with E-state index in [9.17, 15) is 0 Å². The Kier molecular flexibility index (Phi) is 8.05. The summed E-state index contributed by atoms with van der Waals surface area (Å²) in [6.45, 7) is 3.22. The zero-order valence-electron chi connectivity index (χ0n) is 10.6. The van der Waals surface area contributed by atoms with Crippen LogP contribution < -0.4 is 5.32 Å². The first-order valence-corrected chi connectivity index (χ1v) is 6.83. The first-order chi connectivity index (χ1) is 7.93. The number of hydrogen-bond acceptors (Lipinski definition) is 2. The molecule has 2 heteroatoms. The molecule has 0 aromatic carbocycles. The van der Waals surface area contributed by atoms with Crippen LogP contribution in [0.1, 0.15) is 58.3 Å². The van der Waals surface area contributed by atoms with Crippen LogP contribution >= 0.6 is 0 Å². The molecule has 1 N–H and O–H groups in total. The molecule has 1 atom stereocenters. The molecule has 0 aromatic rings. The predicted octanol–water partition coefficient (Wildman–Crippen LogP) is 3.68. The largest absolute Gasteiger partial charge is 0.291 e. The van der Waals surface area contributed by atoms with E-state index in [0.29, 0.717) is 6.17 Å². The van der Waals surface area contributed by atoms with Crippen molar-refractivity contribution < 1.29 is 0 Å². The number of nitrogens with zero attached hydrogens (tertiary/aromatic N) is 1. The summed E-state index contributed by atoms with van der Waals surface area (Å²) in [5.74, 6) is 0. The number of unbranched alkanes of at least 4 members (excludes halogenated alkanes) is 5. The van der Waals surface area contributed by atoms with Gasteiger partial charge in [0.2, 0.25) is 0 Å². The maximum absolute atomic E-state index is 4.34. The molecule has 0 saturated carbocycles. The molecule has 0 spiro atoms. The highest BCUT2D eigenvalue weighted by atomic mass is 15.1. The zero-order valence-corrected chi connectivity index (χ0v) is 10.6. The maximum Gasteiger partial charge on any atom is 0.0993 e. The van der Waals surface area contributed by atoms with E-state index in [1.807, 2.05) is 6.21 Å². The second-order valence-corrected chi connectivity index (χ2v) is 4.51. The molecule has 0 radical (unpaired) electrons. The summed E-state index contributed by atoms with van der Waals surface area (Å²) >= 11 is 0. The van der Waals surface area contributed by atoms with E-state index in [2.05, 4.69) is 29.4 Å². The fraction of sp³-hybridized carbons (Fsp3) is 0.786. The van der Waals surface area contributed by atoms with Crippen LogP contribution in [0.25, 0.3) is 0 Å². The molecule has 16 heavy (non-hydrogen) atoms. The summed E-state index contributed by atoms with van der Waals surface area (Å²) in [4.78, 5) is 4.34. The van der Waals surface area contributed by atoms with E-state index in [0.717, 1.165) is 6.54 Å². The van der Waals surface area contributed by atoms with Gasteiger partial charge in [0.25, 0.3) is 0 Å². The third-order valence-electron chi connectivity index (χ3n) is 2.97. The third kappa shape index (κ3) is 6.78. The van der Waals surface area contributed by atoms with Gasteiger partial charge < -0.3 is 0 Å². The Bertz CT molecular complexity index is 209. The number of hydrogen-bond donors (Lipinski definition) is 1. The van der Waals surface area contributed by atoms with Gasteiger partial charge in [0, 0.05) is 12.8 Å². The monoisotopic (exact) mass is 222 g/mol. The van der Waals surface area contributed by atoms with Gasteiger partial charge in [0.05, 0.1) is 6.17 Å². The summed E-state index contributed by atoms with van der Waals surface area (Å²) in [6.07, 6.45) is 17.4. The van der Waals surface area contributed by atoms with Crippen molar-refractivity contribution in [3.8, 4) is 0 Å². The molecule has 1 aliphatic rings. The minimum Gasteiger partial charge on any atom is -0.291 e. The zero-order chi connectivity index (χ0) is 11.5. The summed E-state index contributed by atoms with van der Waals surface area (Å²) in [5.41, 5.74) is 0. The molecule has 1 aliphatic heterocycles. The van der Waals surface area contributed by atoms with Crippen molar-refractivity contribution in [3.05, 3.63) is 12.2 Å². The Morgan fingerprint density at radius 2 is 2.00 bits per heavy atom. The summed E-state index contributed by atoms with van der Waals surface area (Å²) < 4.78 is 0. The second kappa shape index (κ2) is 9.59. The SMILES string of the molecule is CCCCCC/C=C/CCCC1N=CCN1. The lowest BCUT2D eigenvalue weighted by Crippen LogP contribution is -2.21. The number of rotatable bonds is 9. The van der Waals surface area contributed by atoms with E-state index in [1.165, 1.54) is 51.4 Å². The average molecular weight is 222 g/mol. The first kappa shape index (κ1) is 13.4. The predicted molar refractivity (Wildman–Crippen MR) is 72.0 cm³/mol. The van der Waals surface area contributed by atoms with Gasteiger partial charge in [-0.1, -0.05) is 38.3 Å². The van der Waals surface area contributed by atoms with E-state index in [-0.39, 0.29) is 0 Å². The molecule has 1 rings (SSSR count). The van der Waals surface area contributed by atoms with Gasteiger partial charge in [-0.15, -0.1) is 0 Å². The first-order valence-electron chi connectivity index (χ1n) is 6.83. The Morgan fingerprint density at radius 1 is 1.19 bits per heavy atom. The van der Waals surface area contributed by atoms with Crippen LogP contribution in [0.4, 0.5) is 0 Å². The molecule has 2 nitrogen and oxygen atoms in total. The van der Waals surface area contributed by atoms with Crippen molar-refractivity contribution >= 4 is 6.21 Å². The lowest BCUT2D eigenvalue weighted by molar-refractivity contribution is 0.539. The second-order valence-electron chi connectivity index (χ2n) is 4.51. The quantitative estimate of drug-likeness (QED) is 0.467. The molecular weight excluding hydrogens is 196 g/mol. The van der Waals surface area contributed by atoms with Crippen LogP contribution in [-0.4, -0.2) is 18.9 Å². The van der Waals surface area contributed by atoms with Crippen molar-refractivity contribution in [1.82, 2.24) is 5.32 Å². The van der Waals surface area contributed by atoms with Gasteiger partial charge in [-0.05, 0) is 32.1 Å². The minimum atomic E-state index is 0.401. The summed E-state index contributed by atoms with van der Waals surface area (Å²) in [5, 5.41) is 3.34. The van der Waals surface area contributed by atoms with Crippen molar-refractivity contribution in [1.29, 1.82) is 0 Å². The Morgan fingerprint density at radius 3 is 2.69 bits per heavy atom. The highest BCUT2D eigenvalue weighted by Gasteiger charge is 2.06. The number of nitrogens with one attached hydrogen (secondary N) is 1. The van der Waals surface area contributed by atoms with E-state index < -0.39 is 0 Å². The van der Waals surface area contributed by atoms with Crippen LogP contribution in [0.3, 0.4) is 0 Å². The lowest BCUT2D eigenvalue weighted by atomic mass is 10.1. The molecule has 0 saturated heterocycles. The van der Waals surface area contributed by atoms with Gasteiger partial charge in [0.1, 0.15) is 0 Å². The molecule has 0 aliphatic carbocycles. The molecule has 0 amide bonds. The van der Waals surface area contributed by atoms with Crippen molar-refractivity contribution in [3.63, 3.8) is 0 Å². The molecule has 92 valence electrons. The van der Waals surface area contributed by atoms with Gasteiger partial charge in [-0.3, -0.25) is 10.3 Å². The highest BCUT2D eigenvalue weighted by Crippen LogP contribution is 2.07. The Hall–Kier alpha value is -0.630. The number of allylic oxidation sites excluding steroid dienone is 2.